The van der Waals surface area contributed by atoms with Gasteiger partial charge in [0.25, 0.3) is 0 Å². The summed E-state index contributed by atoms with van der Waals surface area (Å²) in [5.74, 6) is 0. The summed E-state index contributed by atoms with van der Waals surface area (Å²) >= 11 is 5.20. The van der Waals surface area contributed by atoms with Crippen LogP contribution in [0.1, 0.15) is 26.3 Å². The van der Waals surface area contributed by atoms with Crippen molar-refractivity contribution in [3.63, 3.8) is 0 Å². The third kappa shape index (κ3) is 1.93. The van der Waals surface area contributed by atoms with Gasteiger partial charge in [-0.3, -0.25) is 0 Å². The zero-order valence-corrected chi connectivity index (χ0v) is 8.03. The summed E-state index contributed by atoms with van der Waals surface area (Å²) in [4.78, 5) is 0.972. The fourth-order valence-electron chi connectivity index (χ4n) is 1.09. The minimum atomic E-state index is 0.179. The fourth-order valence-corrected chi connectivity index (χ4v) is 1.54. The van der Waals surface area contributed by atoms with Gasteiger partial charge >= 0.3 is 0 Å². The molecule has 0 heterocycles. The molecular formula is C10H13S. The quantitative estimate of drug-likeness (QED) is 0.551. The van der Waals surface area contributed by atoms with Gasteiger partial charge in [0.05, 0.1) is 0 Å². The van der Waals surface area contributed by atoms with Gasteiger partial charge in [0.1, 0.15) is 0 Å². The van der Waals surface area contributed by atoms with Crippen molar-refractivity contribution in [2.45, 2.75) is 31.1 Å². The number of hydrogen-bond acceptors (Lipinski definition) is 0. The Morgan fingerprint density at radius 2 is 1.64 bits per heavy atom. The normalized spacial score (nSPS) is 11.5. The van der Waals surface area contributed by atoms with Gasteiger partial charge in [0.2, 0.25) is 0 Å². The molecule has 11 heavy (non-hydrogen) atoms. The van der Waals surface area contributed by atoms with Crippen molar-refractivity contribution in [2.75, 3.05) is 0 Å². The molecule has 0 aliphatic rings. The average Bonchev–Trinajstić information content (AvgIpc) is 1.86. The van der Waals surface area contributed by atoms with Crippen molar-refractivity contribution in [1.29, 1.82) is 0 Å². The van der Waals surface area contributed by atoms with E-state index in [9.17, 15) is 0 Å². The molecule has 1 aromatic rings. The van der Waals surface area contributed by atoms with E-state index in [4.69, 9.17) is 12.6 Å². The molecular weight excluding hydrogens is 152 g/mol. The van der Waals surface area contributed by atoms with Crippen molar-refractivity contribution < 1.29 is 0 Å². The Balaban J connectivity index is 3.14. The molecule has 1 aromatic carbocycles. The highest BCUT2D eigenvalue weighted by atomic mass is 32.1. The zero-order valence-electron chi connectivity index (χ0n) is 7.22. The van der Waals surface area contributed by atoms with Gasteiger partial charge in [-0.05, 0) is 17.0 Å². The van der Waals surface area contributed by atoms with E-state index in [2.05, 4.69) is 26.8 Å². The Morgan fingerprint density at radius 3 is 2.00 bits per heavy atom. The molecule has 0 atom stereocenters. The predicted molar refractivity (Wildman–Crippen MR) is 51.0 cm³/mol. The first-order chi connectivity index (χ1) is 5.02. The van der Waals surface area contributed by atoms with E-state index < -0.39 is 0 Å². The highest BCUT2D eigenvalue weighted by Gasteiger charge is 2.15. The molecule has 0 aliphatic carbocycles. The summed E-state index contributed by atoms with van der Waals surface area (Å²) < 4.78 is 0. The third-order valence-electron chi connectivity index (χ3n) is 1.70. The Kier molecular flexibility index (Phi) is 2.19. The topological polar surface area (TPSA) is 0 Å². The molecule has 1 radical (unpaired) electrons. The molecule has 0 spiro atoms. The van der Waals surface area contributed by atoms with Gasteiger partial charge in [0, 0.05) is 4.90 Å². The maximum absolute atomic E-state index is 5.20. The maximum Gasteiger partial charge on any atom is 0.0414 e. The monoisotopic (exact) mass is 165 g/mol. The lowest BCUT2D eigenvalue weighted by atomic mass is 9.87. The second-order valence-corrected chi connectivity index (χ2v) is 4.19. The zero-order chi connectivity index (χ0) is 8.48. The van der Waals surface area contributed by atoms with Crippen LogP contribution in [0.3, 0.4) is 0 Å². The van der Waals surface area contributed by atoms with Gasteiger partial charge in [-0.15, -0.1) is 0 Å². The maximum atomic E-state index is 5.20. The SMILES string of the molecule is CC(C)(C)c1ccccc1[S]. The lowest BCUT2D eigenvalue weighted by Gasteiger charge is -2.19. The third-order valence-corrected chi connectivity index (χ3v) is 2.05. The van der Waals surface area contributed by atoms with Crippen LogP contribution in [-0.4, -0.2) is 0 Å². The highest BCUT2D eigenvalue weighted by molar-refractivity contribution is 7.80. The minimum absolute atomic E-state index is 0.179. The van der Waals surface area contributed by atoms with Crippen molar-refractivity contribution in [2.24, 2.45) is 0 Å². The first-order valence-corrected chi connectivity index (χ1v) is 4.19. The standard InChI is InChI=1S/C10H13S/c1-10(2,3)8-6-4-5-7-9(8)11/h4-7H,1-3H3. The van der Waals surface area contributed by atoms with Gasteiger partial charge in [0.15, 0.2) is 0 Å². The van der Waals surface area contributed by atoms with Crippen LogP contribution in [0.15, 0.2) is 29.2 Å². The van der Waals surface area contributed by atoms with Crippen LogP contribution in [0.5, 0.6) is 0 Å². The van der Waals surface area contributed by atoms with E-state index in [1.165, 1.54) is 5.56 Å². The predicted octanol–water partition coefficient (Wildman–Crippen LogP) is 3.54. The van der Waals surface area contributed by atoms with E-state index in [-0.39, 0.29) is 5.41 Å². The minimum Gasteiger partial charge on any atom is -0.0798 e. The van der Waals surface area contributed by atoms with Gasteiger partial charge in [-0.1, -0.05) is 51.6 Å². The van der Waals surface area contributed by atoms with E-state index in [1.807, 2.05) is 18.2 Å². The summed E-state index contributed by atoms with van der Waals surface area (Å²) in [7, 11) is 0. The molecule has 0 unspecified atom stereocenters. The molecule has 0 aliphatic heterocycles. The van der Waals surface area contributed by atoms with Crippen LogP contribution in [-0.2, 0) is 5.41 Å². The smallest absolute Gasteiger partial charge is 0.0414 e. The molecule has 1 heteroatoms. The summed E-state index contributed by atoms with van der Waals surface area (Å²) in [6.07, 6.45) is 0. The highest BCUT2D eigenvalue weighted by Crippen LogP contribution is 2.27. The van der Waals surface area contributed by atoms with Crippen molar-refractivity contribution in [3.05, 3.63) is 29.8 Å². The first-order valence-electron chi connectivity index (χ1n) is 3.78. The number of benzene rings is 1. The lowest BCUT2D eigenvalue weighted by Crippen LogP contribution is -2.11. The largest absolute Gasteiger partial charge is 0.0798 e. The number of rotatable bonds is 0. The van der Waals surface area contributed by atoms with Gasteiger partial charge < -0.3 is 0 Å². The van der Waals surface area contributed by atoms with E-state index in [0.29, 0.717) is 0 Å². The second kappa shape index (κ2) is 2.82. The fraction of sp³-hybridized carbons (Fsp3) is 0.400. The average molecular weight is 165 g/mol. The molecule has 59 valence electrons. The second-order valence-electron chi connectivity index (χ2n) is 3.75. The first kappa shape index (κ1) is 8.54. The van der Waals surface area contributed by atoms with Crippen LogP contribution >= 0.6 is 12.6 Å². The summed E-state index contributed by atoms with van der Waals surface area (Å²) in [6, 6.07) is 8.10. The van der Waals surface area contributed by atoms with Crippen molar-refractivity contribution in [3.8, 4) is 0 Å². The Labute approximate surface area is 74.0 Å². The number of hydrogen-bond donors (Lipinski definition) is 0. The van der Waals surface area contributed by atoms with E-state index >= 15 is 0 Å². The van der Waals surface area contributed by atoms with Crippen LogP contribution < -0.4 is 0 Å². The van der Waals surface area contributed by atoms with Crippen LogP contribution in [0.4, 0.5) is 0 Å². The van der Waals surface area contributed by atoms with Crippen molar-refractivity contribution in [1.82, 2.24) is 0 Å². The molecule has 0 saturated carbocycles. The summed E-state index contributed by atoms with van der Waals surface area (Å²) in [6.45, 7) is 6.54. The Bertz CT molecular complexity index is 245. The molecule has 1 rings (SSSR count). The molecule has 0 bridgehead atoms. The molecule has 0 fully saturated rings. The van der Waals surface area contributed by atoms with Crippen LogP contribution in [0.25, 0.3) is 0 Å². The molecule has 0 amide bonds. The van der Waals surface area contributed by atoms with Crippen LogP contribution in [0, 0.1) is 0 Å². The van der Waals surface area contributed by atoms with Gasteiger partial charge in [-0.25, -0.2) is 0 Å². The summed E-state index contributed by atoms with van der Waals surface area (Å²) in [5, 5.41) is 0. The van der Waals surface area contributed by atoms with E-state index in [0.717, 1.165) is 4.90 Å². The lowest BCUT2D eigenvalue weighted by molar-refractivity contribution is 0.578. The summed E-state index contributed by atoms with van der Waals surface area (Å²) in [5.41, 5.74) is 1.44. The van der Waals surface area contributed by atoms with E-state index in [1.54, 1.807) is 0 Å². The van der Waals surface area contributed by atoms with Crippen molar-refractivity contribution >= 4 is 12.6 Å². The van der Waals surface area contributed by atoms with Gasteiger partial charge in [-0.2, -0.15) is 0 Å². The van der Waals surface area contributed by atoms with Crippen LogP contribution in [0.2, 0.25) is 0 Å². The molecule has 0 nitrogen and oxygen atoms in total. The molecule has 0 aromatic heterocycles. The Morgan fingerprint density at radius 1 is 1.09 bits per heavy atom. The Hall–Kier alpha value is -0.560. The molecule has 0 N–H and O–H groups in total. The molecule has 0 saturated heterocycles.